The van der Waals surface area contributed by atoms with E-state index < -0.39 is 0 Å². The summed E-state index contributed by atoms with van der Waals surface area (Å²) in [4.78, 5) is 4.50. The van der Waals surface area contributed by atoms with E-state index in [4.69, 9.17) is 0 Å². The molecule has 0 aliphatic rings. The molecule has 0 fully saturated rings. The van der Waals surface area contributed by atoms with Crippen molar-refractivity contribution in [2.24, 2.45) is 10.9 Å². The number of benzene rings is 1. The second-order valence-electron chi connectivity index (χ2n) is 6.25. The van der Waals surface area contributed by atoms with Crippen LogP contribution in [0.15, 0.2) is 35.6 Å². The van der Waals surface area contributed by atoms with Crippen molar-refractivity contribution in [2.45, 2.75) is 40.3 Å². The Morgan fingerprint density at radius 1 is 1.28 bits per heavy atom. The van der Waals surface area contributed by atoms with Crippen molar-refractivity contribution < 1.29 is 4.39 Å². The first-order valence-electron chi connectivity index (χ1n) is 8.72. The number of hydrogen-bond donors (Lipinski definition) is 2. The maximum Gasteiger partial charge on any atom is 0.191 e. The van der Waals surface area contributed by atoms with Gasteiger partial charge in [-0.1, -0.05) is 39.0 Å². The third-order valence-electron chi connectivity index (χ3n) is 3.70. The van der Waals surface area contributed by atoms with Crippen molar-refractivity contribution in [1.29, 1.82) is 0 Å². The lowest BCUT2D eigenvalue weighted by Crippen LogP contribution is -2.40. The number of nitrogens with one attached hydrogen (secondary N) is 2. The smallest absolute Gasteiger partial charge is 0.191 e. The molecule has 0 spiro atoms. The summed E-state index contributed by atoms with van der Waals surface area (Å²) in [6.07, 6.45) is 2.58. The molecule has 0 unspecified atom stereocenters. The molecule has 0 aliphatic carbocycles. The van der Waals surface area contributed by atoms with E-state index in [1.165, 1.54) is 6.07 Å². The van der Waals surface area contributed by atoms with Gasteiger partial charge in [0.25, 0.3) is 0 Å². The van der Waals surface area contributed by atoms with Gasteiger partial charge in [0, 0.05) is 31.6 Å². The van der Waals surface area contributed by atoms with Gasteiger partial charge in [-0.2, -0.15) is 0 Å². The topological polar surface area (TPSA) is 67.1 Å². The number of aromatic nitrogens is 3. The van der Waals surface area contributed by atoms with E-state index in [0.717, 1.165) is 25.3 Å². The predicted octanol–water partition coefficient (Wildman–Crippen LogP) is 2.37. The highest BCUT2D eigenvalue weighted by Gasteiger charge is 2.05. The average molecular weight is 346 g/mol. The summed E-state index contributed by atoms with van der Waals surface area (Å²) in [6.45, 7) is 8.85. The normalized spacial score (nSPS) is 11.8. The van der Waals surface area contributed by atoms with Gasteiger partial charge >= 0.3 is 0 Å². The highest BCUT2D eigenvalue weighted by molar-refractivity contribution is 5.79. The number of guanidine groups is 1. The highest BCUT2D eigenvalue weighted by Crippen LogP contribution is 2.07. The number of aryl methyl sites for hydroxylation is 1. The SMILES string of the molecule is CCc1nncn1CCNC(=NCc1ccccc1F)NCC(C)C. The molecule has 0 saturated carbocycles. The van der Waals surface area contributed by atoms with Crippen LogP contribution < -0.4 is 10.6 Å². The van der Waals surface area contributed by atoms with Gasteiger partial charge in [-0.25, -0.2) is 9.38 Å². The first kappa shape index (κ1) is 18.9. The highest BCUT2D eigenvalue weighted by atomic mass is 19.1. The monoisotopic (exact) mass is 346 g/mol. The summed E-state index contributed by atoms with van der Waals surface area (Å²) in [6, 6.07) is 6.71. The molecular weight excluding hydrogens is 319 g/mol. The lowest BCUT2D eigenvalue weighted by Gasteiger charge is -2.15. The number of nitrogens with zero attached hydrogens (tertiary/aromatic N) is 4. The second kappa shape index (κ2) is 9.76. The summed E-state index contributed by atoms with van der Waals surface area (Å²) in [5, 5.41) is 14.6. The predicted molar refractivity (Wildman–Crippen MR) is 97.8 cm³/mol. The quantitative estimate of drug-likeness (QED) is 0.569. The molecular formula is C18H27FN6. The van der Waals surface area contributed by atoms with E-state index in [9.17, 15) is 4.39 Å². The van der Waals surface area contributed by atoms with Gasteiger partial charge in [0.2, 0.25) is 0 Å². The van der Waals surface area contributed by atoms with Crippen LogP contribution in [0.5, 0.6) is 0 Å². The molecule has 2 N–H and O–H groups in total. The molecule has 2 rings (SSSR count). The van der Waals surface area contributed by atoms with E-state index in [1.807, 2.05) is 10.6 Å². The van der Waals surface area contributed by atoms with Gasteiger partial charge in [-0.15, -0.1) is 10.2 Å². The van der Waals surface area contributed by atoms with Crippen molar-refractivity contribution in [3.8, 4) is 0 Å². The fraction of sp³-hybridized carbons (Fsp3) is 0.500. The minimum atomic E-state index is -0.230. The van der Waals surface area contributed by atoms with Crippen LogP contribution in [0.1, 0.15) is 32.2 Å². The number of halogens is 1. The lowest BCUT2D eigenvalue weighted by atomic mass is 10.2. The van der Waals surface area contributed by atoms with E-state index >= 15 is 0 Å². The molecule has 0 saturated heterocycles. The molecule has 0 radical (unpaired) electrons. The Morgan fingerprint density at radius 3 is 2.80 bits per heavy atom. The van der Waals surface area contributed by atoms with E-state index in [2.05, 4.69) is 46.6 Å². The van der Waals surface area contributed by atoms with Gasteiger partial charge in [0.15, 0.2) is 5.96 Å². The molecule has 0 atom stereocenters. The zero-order chi connectivity index (χ0) is 18.1. The van der Waals surface area contributed by atoms with Crippen LogP contribution in [0.25, 0.3) is 0 Å². The molecule has 7 heteroatoms. The molecule has 136 valence electrons. The number of hydrogen-bond acceptors (Lipinski definition) is 3. The summed E-state index contributed by atoms with van der Waals surface area (Å²) in [5.41, 5.74) is 0.584. The second-order valence-corrected chi connectivity index (χ2v) is 6.25. The van der Waals surface area contributed by atoms with Crippen molar-refractivity contribution >= 4 is 5.96 Å². The fourth-order valence-electron chi connectivity index (χ4n) is 2.30. The molecule has 0 bridgehead atoms. The summed E-state index contributed by atoms with van der Waals surface area (Å²) in [5.74, 6) is 1.90. The van der Waals surface area contributed by atoms with Crippen LogP contribution in [0.2, 0.25) is 0 Å². The Kier molecular flexibility index (Phi) is 7.37. The van der Waals surface area contributed by atoms with Gasteiger partial charge in [0.05, 0.1) is 6.54 Å². The zero-order valence-corrected chi connectivity index (χ0v) is 15.2. The minimum Gasteiger partial charge on any atom is -0.356 e. The Hall–Kier alpha value is -2.44. The maximum atomic E-state index is 13.7. The first-order chi connectivity index (χ1) is 12.1. The van der Waals surface area contributed by atoms with Gasteiger partial charge < -0.3 is 15.2 Å². The molecule has 25 heavy (non-hydrogen) atoms. The van der Waals surface area contributed by atoms with E-state index in [1.54, 1.807) is 18.5 Å². The van der Waals surface area contributed by atoms with Crippen molar-refractivity contribution in [2.75, 3.05) is 13.1 Å². The lowest BCUT2D eigenvalue weighted by molar-refractivity contribution is 0.595. The van der Waals surface area contributed by atoms with Crippen LogP contribution in [0, 0.1) is 11.7 Å². The Bertz CT molecular complexity index is 680. The Morgan fingerprint density at radius 2 is 2.08 bits per heavy atom. The van der Waals surface area contributed by atoms with Crippen LogP contribution in [0.4, 0.5) is 4.39 Å². The maximum absolute atomic E-state index is 13.7. The third-order valence-corrected chi connectivity index (χ3v) is 3.70. The van der Waals surface area contributed by atoms with Crippen LogP contribution in [0.3, 0.4) is 0 Å². The number of rotatable bonds is 8. The average Bonchev–Trinajstić information content (AvgIpc) is 3.05. The van der Waals surface area contributed by atoms with Gasteiger partial charge in [-0.3, -0.25) is 0 Å². The molecule has 6 nitrogen and oxygen atoms in total. The third kappa shape index (κ3) is 6.17. The summed E-state index contributed by atoms with van der Waals surface area (Å²) < 4.78 is 15.8. The summed E-state index contributed by atoms with van der Waals surface area (Å²) in [7, 11) is 0. The molecule has 1 heterocycles. The van der Waals surface area contributed by atoms with Crippen LogP contribution in [-0.4, -0.2) is 33.8 Å². The zero-order valence-electron chi connectivity index (χ0n) is 15.2. The fourth-order valence-corrected chi connectivity index (χ4v) is 2.30. The van der Waals surface area contributed by atoms with Gasteiger partial charge in [-0.05, 0) is 12.0 Å². The van der Waals surface area contributed by atoms with E-state index in [-0.39, 0.29) is 5.82 Å². The molecule has 0 aliphatic heterocycles. The van der Waals surface area contributed by atoms with Crippen molar-refractivity contribution in [3.63, 3.8) is 0 Å². The molecule has 1 aromatic heterocycles. The largest absolute Gasteiger partial charge is 0.356 e. The number of aliphatic imine (C=N–C) groups is 1. The Balaban J connectivity index is 1.95. The summed E-state index contributed by atoms with van der Waals surface area (Å²) >= 11 is 0. The Labute approximate surface area is 148 Å². The molecule has 1 aromatic carbocycles. The van der Waals surface area contributed by atoms with Crippen LogP contribution in [-0.2, 0) is 19.5 Å². The minimum absolute atomic E-state index is 0.230. The first-order valence-corrected chi connectivity index (χ1v) is 8.72. The van der Waals surface area contributed by atoms with Gasteiger partial charge in [0.1, 0.15) is 18.0 Å². The van der Waals surface area contributed by atoms with E-state index in [0.29, 0.717) is 30.5 Å². The molecule has 0 amide bonds. The van der Waals surface area contributed by atoms with Crippen molar-refractivity contribution in [1.82, 2.24) is 25.4 Å². The standard InChI is InChI=1S/C18H27FN6/c1-4-17-24-23-13-25(17)10-9-20-18(21-11-14(2)3)22-12-15-7-5-6-8-16(15)19/h5-8,13-14H,4,9-12H2,1-3H3,(H2,20,21,22). The van der Waals surface area contributed by atoms with Crippen LogP contribution >= 0.6 is 0 Å². The molecule has 2 aromatic rings. The van der Waals surface area contributed by atoms with Crippen molar-refractivity contribution in [3.05, 3.63) is 47.8 Å².